The molecule has 1 aliphatic rings. The maximum absolute atomic E-state index is 10.7. The van der Waals surface area contributed by atoms with Gasteiger partial charge in [-0.05, 0) is 31.2 Å². The van der Waals surface area contributed by atoms with Gasteiger partial charge in [0.1, 0.15) is 17.2 Å². The van der Waals surface area contributed by atoms with Crippen LogP contribution in [-0.2, 0) is 0 Å². The monoisotopic (exact) mass is 386 g/mol. The molecule has 1 N–H and O–H groups in total. The Hall–Kier alpha value is -2.44. The number of rotatable bonds is 8. The molecule has 0 aliphatic carbocycles. The summed E-state index contributed by atoms with van der Waals surface area (Å²) in [6.45, 7) is 6.80. The largest absolute Gasteiger partial charge is 0.497 e. The van der Waals surface area contributed by atoms with Crippen molar-refractivity contribution >= 4 is 5.69 Å². The summed E-state index contributed by atoms with van der Waals surface area (Å²) in [5.41, 5.74) is 1.92. The van der Waals surface area contributed by atoms with Crippen molar-refractivity contribution in [3.63, 3.8) is 0 Å². The Kier molecular flexibility index (Phi) is 7.01. The number of hydrogen-bond donors (Lipinski definition) is 1. The molecule has 0 saturated carbocycles. The number of para-hydroxylation sites is 2. The first-order valence-electron chi connectivity index (χ1n) is 9.75. The molecule has 152 valence electrons. The fraction of sp³-hybridized carbons (Fsp3) is 0.455. The molecule has 1 fully saturated rings. The third kappa shape index (κ3) is 4.69. The average Bonchev–Trinajstić information content (AvgIpc) is 2.74. The highest BCUT2D eigenvalue weighted by atomic mass is 16.5. The van der Waals surface area contributed by atoms with E-state index in [-0.39, 0.29) is 0 Å². The summed E-state index contributed by atoms with van der Waals surface area (Å²) in [6, 6.07) is 13.7. The molecule has 0 radical (unpaired) electrons. The Morgan fingerprint density at radius 3 is 2.39 bits per heavy atom. The highest BCUT2D eigenvalue weighted by Gasteiger charge is 2.23. The summed E-state index contributed by atoms with van der Waals surface area (Å²) >= 11 is 0. The molecule has 6 heteroatoms. The second kappa shape index (κ2) is 9.66. The molecule has 2 aromatic carbocycles. The van der Waals surface area contributed by atoms with Gasteiger partial charge in [0, 0.05) is 44.4 Å². The van der Waals surface area contributed by atoms with Crippen LogP contribution in [0.2, 0.25) is 0 Å². The molecule has 1 saturated heterocycles. The second-order valence-electron chi connectivity index (χ2n) is 6.81. The molecular formula is C22H30N2O4. The lowest BCUT2D eigenvalue weighted by Crippen LogP contribution is -2.47. The van der Waals surface area contributed by atoms with E-state index in [1.54, 1.807) is 20.3 Å². The van der Waals surface area contributed by atoms with E-state index in [0.29, 0.717) is 18.9 Å². The number of β-amino-alcohol motifs (C(OH)–C–C–N with tert-alkyl or cyclic N) is 1. The minimum atomic E-state index is -0.608. The van der Waals surface area contributed by atoms with Gasteiger partial charge in [-0.1, -0.05) is 12.1 Å². The fourth-order valence-electron chi connectivity index (χ4n) is 3.60. The van der Waals surface area contributed by atoms with E-state index in [0.717, 1.165) is 48.9 Å². The first kappa shape index (κ1) is 20.3. The third-order valence-electron chi connectivity index (χ3n) is 5.11. The molecule has 1 aliphatic heterocycles. The molecular weight excluding hydrogens is 356 g/mol. The van der Waals surface area contributed by atoms with Crippen LogP contribution in [0.4, 0.5) is 5.69 Å². The van der Waals surface area contributed by atoms with Crippen LogP contribution in [-0.4, -0.2) is 63.6 Å². The topological polar surface area (TPSA) is 54.4 Å². The summed E-state index contributed by atoms with van der Waals surface area (Å²) in [4.78, 5) is 4.63. The molecule has 0 bridgehead atoms. The van der Waals surface area contributed by atoms with E-state index in [9.17, 15) is 5.11 Å². The van der Waals surface area contributed by atoms with E-state index >= 15 is 0 Å². The van der Waals surface area contributed by atoms with Gasteiger partial charge in [-0.2, -0.15) is 0 Å². The number of nitrogens with zero attached hydrogens (tertiary/aromatic N) is 2. The number of methoxy groups -OCH3 is 2. The van der Waals surface area contributed by atoms with Crippen molar-refractivity contribution < 1.29 is 19.3 Å². The zero-order chi connectivity index (χ0) is 19.9. The van der Waals surface area contributed by atoms with Crippen molar-refractivity contribution in [1.82, 2.24) is 4.90 Å². The Morgan fingerprint density at radius 2 is 1.71 bits per heavy atom. The second-order valence-corrected chi connectivity index (χ2v) is 6.81. The number of piperazine rings is 1. The number of anilines is 1. The highest BCUT2D eigenvalue weighted by Crippen LogP contribution is 2.31. The van der Waals surface area contributed by atoms with Crippen LogP contribution in [0.1, 0.15) is 18.6 Å². The van der Waals surface area contributed by atoms with Gasteiger partial charge < -0.3 is 24.2 Å². The van der Waals surface area contributed by atoms with E-state index in [2.05, 4.69) is 15.9 Å². The summed E-state index contributed by atoms with van der Waals surface area (Å²) < 4.78 is 16.4. The normalized spacial score (nSPS) is 15.9. The Morgan fingerprint density at radius 1 is 0.964 bits per heavy atom. The predicted octanol–water partition coefficient (Wildman–Crippen LogP) is 2.96. The van der Waals surface area contributed by atoms with Crippen molar-refractivity contribution in [3.05, 3.63) is 48.0 Å². The van der Waals surface area contributed by atoms with Gasteiger partial charge in [0.05, 0.1) is 32.6 Å². The molecule has 1 heterocycles. The Balaban J connectivity index is 1.60. The number of hydrogen-bond acceptors (Lipinski definition) is 6. The first-order valence-corrected chi connectivity index (χ1v) is 9.75. The van der Waals surface area contributed by atoms with Crippen LogP contribution in [0.15, 0.2) is 42.5 Å². The lowest BCUT2D eigenvalue weighted by Gasteiger charge is -2.37. The predicted molar refractivity (Wildman–Crippen MR) is 111 cm³/mol. The maximum atomic E-state index is 10.7. The summed E-state index contributed by atoms with van der Waals surface area (Å²) in [5, 5.41) is 10.7. The van der Waals surface area contributed by atoms with E-state index in [1.165, 1.54) is 0 Å². The van der Waals surface area contributed by atoms with Crippen molar-refractivity contribution in [2.75, 3.05) is 58.5 Å². The third-order valence-corrected chi connectivity index (χ3v) is 5.11. The Bertz CT molecular complexity index is 760. The standard InChI is InChI=1S/C22H30N2O4/c1-4-28-21-8-6-5-7-19(21)24-13-11-23(12-14-24)16-20(25)18-10-9-17(26-2)15-22(18)27-3/h5-10,15,20,25H,4,11-14,16H2,1-3H3/t20-/m0/s1. The lowest BCUT2D eigenvalue weighted by molar-refractivity contribution is 0.107. The number of aliphatic hydroxyl groups is 1. The zero-order valence-electron chi connectivity index (χ0n) is 16.9. The van der Waals surface area contributed by atoms with E-state index < -0.39 is 6.10 Å². The van der Waals surface area contributed by atoms with Gasteiger partial charge in [0.15, 0.2) is 0 Å². The summed E-state index contributed by atoms with van der Waals surface area (Å²) in [6.07, 6.45) is -0.608. The smallest absolute Gasteiger partial charge is 0.142 e. The van der Waals surface area contributed by atoms with Gasteiger partial charge in [-0.15, -0.1) is 0 Å². The van der Waals surface area contributed by atoms with Crippen LogP contribution >= 0.6 is 0 Å². The first-order chi connectivity index (χ1) is 13.7. The van der Waals surface area contributed by atoms with Gasteiger partial charge in [0.25, 0.3) is 0 Å². The van der Waals surface area contributed by atoms with E-state index in [4.69, 9.17) is 14.2 Å². The van der Waals surface area contributed by atoms with Crippen LogP contribution in [0.3, 0.4) is 0 Å². The summed E-state index contributed by atoms with van der Waals surface area (Å²) in [7, 11) is 3.23. The van der Waals surface area contributed by atoms with E-state index in [1.807, 2.05) is 37.3 Å². The molecule has 0 aromatic heterocycles. The number of aliphatic hydroxyl groups excluding tert-OH is 1. The minimum Gasteiger partial charge on any atom is -0.497 e. The zero-order valence-corrected chi connectivity index (χ0v) is 16.9. The SMILES string of the molecule is CCOc1ccccc1N1CCN(C[C@H](O)c2ccc(OC)cc2OC)CC1. The average molecular weight is 386 g/mol. The van der Waals surface area contributed by atoms with Gasteiger partial charge in [-0.3, -0.25) is 4.90 Å². The van der Waals surface area contributed by atoms with Crippen LogP contribution in [0, 0.1) is 0 Å². The van der Waals surface area contributed by atoms with Crippen LogP contribution < -0.4 is 19.1 Å². The molecule has 6 nitrogen and oxygen atoms in total. The number of ether oxygens (including phenoxy) is 3. The maximum Gasteiger partial charge on any atom is 0.142 e. The molecule has 0 spiro atoms. The van der Waals surface area contributed by atoms with Gasteiger partial charge in [-0.25, -0.2) is 0 Å². The molecule has 28 heavy (non-hydrogen) atoms. The lowest BCUT2D eigenvalue weighted by atomic mass is 10.1. The summed E-state index contributed by atoms with van der Waals surface area (Å²) in [5.74, 6) is 2.30. The number of benzene rings is 2. The quantitative estimate of drug-likeness (QED) is 0.753. The minimum absolute atomic E-state index is 0.573. The van der Waals surface area contributed by atoms with Crippen molar-refractivity contribution in [3.8, 4) is 17.2 Å². The molecule has 0 unspecified atom stereocenters. The molecule has 3 rings (SSSR count). The Labute approximate surface area is 167 Å². The van der Waals surface area contributed by atoms with Crippen molar-refractivity contribution in [1.29, 1.82) is 0 Å². The van der Waals surface area contributed by atoms with Crippen molar-refractivity contribution in [2.24, 2.45) is 0 Å². The van der Waals surface area contributed by atoms with Crippen LogP contribution in [0.5, 0.6) is 17.2 Å². The van der Waals surface area contributed by atoms with Crippen LogP contribution in [0.25, 0.3) is 0 Å². The van der Waals surface area contributed by atoms with Crippen molar-refractivity contribution in [2.45, 2.75) is 13.0 Å². The van der Waals surface area contributed by atoms with Gasteiger partial charge >= 0.3 is 0 Å². The fourth-order valence-corrected chi connectivity index (χ4v) is 3.60. The molecule has 2 aromatic rings. The molecule has 0 amide bonds. The van der Waals surface area contributed by atoms with Gasteiger partial charge in [0.2, 0.25) is 0 Å². The highest BCUT2D eigenvalue weighted by molar-refractivity contribution is 5.58. The molecule has 1 atom stereocenters.